The maximum Gasteiger partial charge on any atom is 0.154 e. The fourth-order valence-electron chi connectivity index (χ4n) is 1.23. The largest absolute Gasteiger partial charge is 0.353 e. The first-order valence-electron chi connectivity index (χ1n) is 6.14. The van der Waals surface area contributed by atoms with Gasteiger partial charge in [-0.15, -0.1) is 0 Å². The van der Waals surface area contributed by atoms with Crippen LogP contribution in [-0.2, 0) is 14.3 Å². The Labute approximate surface area is 109 Å². The Morgan fingerprint density at radius 2 is 1.67 bits per heavy atom. The lowest BCUT2D eigenvalue weighted by Crippen LogP contribution is -2.11. The molecule has 0 aliphatic rings. The third-order valence-corrected chi connectivity index (χ3v) is 1.97. The van der Waals surface area contributed by atoms with Gasteiger partial charge in [-0.1, -0.05) is 36.4 Å². The van der Waals surface area contributed by atoms with Crippen LogP contribution in [0.5, 0.6) is 0 Å². The fourth-order valence-corrected chi connectivity index (χ4v) is 1.23. The minimum atomic E-state index is -0.0370. The van der Waals surface area contributed by atoms with Gasteiger partial charge in [-0.3, -0.25) is 4.79 Å². The zero-order valence-corrected chi connectivity index (χ0v) is 11.3. The molecule has 18 heavy (non-hydrogen) atoms. The molecule has 3 heteroatoms. The van der Waals surface area contributed by atoms with Crippen molar-refractivity contribution in [2.24, 2.45) is 0 Å². The van der Waals surface area contributed by atoms with E-state index in [2.05, 4.69) is 0 Å². The standard InChI is InChI=1S/C9H8O.C6H14O2/c10-8-4-7-9-5-2-1-3-6-9;1-4-7-6(3)8-5-2/h1-8H;6H,4-5H2,1-3H3/b7-4-;. The average Bonchev–Trinajstić information content (AvgIpc) is 2.39. The van der Waals surface area contributed by atoms with Gasteiger partial charge < -0.3 is 9.47 Å². The van der Waals surface area contributed by atoms with Crippen molar-refractivity contribution >= 4 is 12.4 Å². The second kappa shape index (κ2) is 12.0. The summed E-state index contributed by atoms with van der Waals surface area (Å²) in [4.78, 5) is 9.89. The number of hydrogen-bond donors (Lipinski definition) is 0. The predicted octanol–water partition coefficient (Wildman–Crippen LogP) is 3.30. The van der Waals surface area contributed by atoms with Crippen LogP contribution in [0.25, 0.3) is 6.08 Å². The zero-order valence-electron chi connectivity index (χ0n) is 11.3. The first-order chi connectivity index (χ1) is 8.74. The van der Waals surface area contributed by atoms with Crippen LogP contribution in [0.3, 0.4) is 0 Å². The minimum Gasteiger partial charge on any atom is -0.353 e. The predicted molar refractivity (Wildman–Crippen MR) is 74.3 cm³/mol. The molecule has 0 N–H and O–H groups in total. The SMILES string of the molecule is CCOC(C)OCC.O=C/C=C\c1ccccc1. The Balaban J connectivity index is 0.000000331. The Morgan fingerprint density at radius 1 is 1.11 bits per heavy atom. The van der Waals surface area contributed by atoms with Gasteiger partial charge in [-0.05, 0) is 32.4 Å². The monoisotopic (exact) mass is 250 g/mol. The van der Waals surface area contributed by atoms with E-state index in [1.165, 1.54) is 6.08 Å². The van der Waals surface area contributed by atoms with Gasteiger partial charge in [0.15, 0.2) is 6.29 Å². The number of allylic oxidation sites excluding steroid dienone is 1. The lowest BCUT2D eigenvalue weighted by molar-refractivity contribution is -0.123. The van der Waals surface area contributed by atoms with Crippen molar-refractivity contribution in [3.8, 4) is 0 Å². The van der Waals surface area contributed by atoms with Gasteiger partial charge in [0, 0.05) is 13.2 Å². The van der Waals surface area contributed by atoms with Crippen LogP contribution in [0.2, 0.25) is 0 Å². The van der Waals surface area contributed by atoms with E-state index in [-0.39, 0.29) is 6.29 Å². The number of rotatable bonds is 6. The number of ether oxygens (including phenoxy) is 2. The molecule has 0 fully saturated rings. The van der Waals surface area contributed by atoms with Crippen LogP contribution >= 0.6 is 0 Å². The number of aldehydes is 1. The van der Waals surface area contributed by atoms with Gasteiger partial charge >= 0.3 is 0 Å². The Morgan fingerprint density at radius 3 is 2.11 bits per heavy atom. The summed E-state index contributed by atoms with van der Waals surface area (Å²) in [5, 5.41) is 0. The molecule has 0 bridgehead atoms. The van der Waals surface area contributed by atoms with Crippen LogP contribution in [-0.4, -0.2) is 25.8 Å². The van der Waals surface area contributed by atoms with Gasteiger partial charge in [-0.2, -0.15) is 0 Å². The average molecular weight is 250 g/mol. The van der Waals surface area contributed by atoms with Crippen LogP contribution in [0.15, 0.2) is 36.4 Å². The molecule has 0 unspecified atom stereocenters. The van der Waals surface area contributed by atoms with E-state index in [0.717, 1.165) is 25.1 Å². The van der Waals surface area contributed by atoms with Crippen molar-refractivity contribution in [2.45, 2.75) is 27.1 Å². The third-order valence-electron chi connectivity index (χ3n) is 1.97. The molecule has 0 saturated heterocycles. The summed E-state index contributed by atoms with van der Waals surface area (Å²) in [5.41, 5.74) is 1.05. The molecule has 0 aromatic heterocycles. The van der Waals surface area contributed by atoms with Crippen molar-refractivity contribution in [1.29, 1.82) is 0 Å². The van der Waals surface area contributed by atoms with Crippen molar-refractivity contribution in [3.63, 3.8) is 0 Å². The maximum atomic E-state index is 9.89. The molecule has 0 heterocycles. The van der Waals surface area contributed by atoms with Crippen molar-refractivity contribution in [1.82, 2.24) is 0 Å². The molecule has 0 aliphatic heterocycles. The molecule has 0 aliphatic carbocycles. The molecule has 0 atom stereocenters. The number of benzene rings is 1. The lowest BCUT2D eigenvalue weighted by Gasteiger charge is -2.09. The quantitative estimate of drug-likeness (QED) is 0.441. The molecule has 0 spiro atoms. The van der Waals surface area contributed by atoms with Gasteiger partial charge in [-0.25, -0.2) is 0 Å². The number of carbonyl (C=O) groups excluding carboxylic acids is 1. The summed E-state index contributed by atoms with van der Waals surface area (Å²) in [6.45, 7) is 7.25. The van der Waals surface area contributed by atoms with E-state index in [9.17, 15) is 4.79 Å². The zero-order chi connectivity index (χ0) is 13.6. The summed E-state index contributed by atoms with van der Waals surface area (Å²) in [6.07, 6.45) is 3.99. The smallest absolute Gasteiger partial charge is 0.154 e. The highest BCUT2D eigenvalue weighted by atomic mass is 16.7. The van der Waals surface area contributed by atoms with E-state index in [1.54, 1.807) is 6.08 Å². The molecule has 0 saturated carbocycles. The Kier molecular flexibility index (Phi) is 11.1. The van der Waals surface area contributed by atoms with Crippen LogP contribution in [0.1, 0.15) is 26.3 Å². The van der Waals surface area contributed by atoms with Crippen molar-refractivity contribution < 1.29 is 14.3 Å². The normalized spacial score (nSPS) is 10.2. The van der Waals surface area contributed by atoms with Crippen LogP contribution in [0, 0.1) is 0 Å². The molecular formula is C15H22O3. The highest BCUT2D eigenvalue weighted by Gasteiger charge is 1.94. The lowest BCUT2D eigenvalue weighted by atomic mass is 10.2. The molecule has 3 nitrogen and oxygen atoms in total. The van der Waals surface area contributed by atoms with Crippen LogP contribution in [0.4, 0.5) is 0 Å². The van der Waals surface area contributed by atoms with Gasteiger partial charge in [0.25, 0.3) is 0 Å². The molecular weight excluding hydrogens is 228 g/mol. The summed E-state index contributed by atoms with van der Waals surface area (Å²) in [7, 11) is 0. The second-order valence-electron chi connectivity index (χ2n) is 3.38. The van der Waals surface area contributed by atoms with E-state index in [1.807, 2.05) is 51.1 Å². The third kappa shape index (κ3) is 9.75. The van der Waals surface area contributed by atoms with E-state index in [0.29, 0.717) is 0 Å². The first-order valence-corrected chi connectivity index (χ1v) is 6.14. The summed E-state index contributed by atoms with van der Waals surface area (Å²) >= 11 is 0. The minimum absolute atomic E-state index is 0.0370. The Bertz CT molecular complexity index is 314. The molecule has 0 radical (unpaired) electrons. The highest BCUT2D eigenvalue weighted by molar-refractivity contribution is 5.73. The number of hydrogen-bond acceptors (Lipinski definition) is 3. The highest BCUT2D eigenvalue weighted by Crippen LogP contribution is 1.99. The van der Waals surface area contributed by atoms with Gasteiger partial charge in [0.1, 0.15) is 6.29 Å². The summed E-state index contributed by atoms with van der Waals surface area (Å²) in [6, 6.07) is 9.70. The van der Waals surface area contributed by atoms with Crippen molar-refractivity contribution in [2.75, 3.05) is 13.2 Å². The Hall–Kier alpha value is -1.45. The number of carbonyl (C=O) groups is 1. The summed E-state index contributed by atoms with van der Waals surface area (Å²) < 4.78 is 10.1. The molecule has 1 rings (SSSR count). The molecule has 100 valence electrons. The van der Waals surface area contributed by atoms with E-state index >= 15 is 0 Å². The van der Waals surface area contributed by atoms with E-state index in [4.69, 9.17) is 9.47 Å². The topological polar surface area (TPSA) is 35.5 Å². The molecule has 0 amide bonds. The van der Waals surface area contributed by atoms with Gasteiger partial charge in [0.05, 0.1) is 0 Å². The van der Waals surface area contributed by atoms with Gasteiger partial charge in [0.2, 0.25) is 0 Å². The van der Waals surface area contributed by atoms with E-state index < -0.39 is 0 Å². The summed E-state index contributed by atoms with van der Waals surface area (Å²) in [5.74, 6) is 0. The first kappa shape index (κ1) is 16.6. The second-order valence-corrected chi connectivity index (χ2v) is 3.38. The fraction of sp³-hybridized carbons (Fsp3) is 0.400. The molecule has 1 aromatic carbocycles. The maximum absolute atomic E-state index is 9.89. The molecule has 1 aromatic rings. The van der Waals surface area contributed by atoms with Crippen molar-refractivity contribution in [3.05, 3.63) is 42.0 Å². The van der Waals surface area contributed by atoms with Crippen LogP contribution < -0.4 is 0 Å².